The standard InChI is InChI=1S/C10H14ClNOS/c1-2-3-4-7-14(13)10-6-5-9(11)8-12-10/h5-6,8H,2-4,7H2,1H3/t14-/m0/s1. The fraction of sp³-hybridized carbons (Fsp3) is 0.500. The summed E-state index contributed by atoms with van der Waals surface area (Å²) in [5.74, 6) is 0.697. The summed E-state index contributed by atoms with van der Waals surface area (Å²) in [7, 11) is -0.963. The largest absolute Gasteiger partial charge is 0.253 e. The third-order valence-corrected chi connectivity index (χ3v) is 3.46. The Bertz CT molecular complexity index is 299. The van der Waals surface area contributed by atoms with Gasteiger partial charge in [-0.1, -0.05) is 31.4 Å². The molecule has 1 aromatic rings. The average Bonchev–Trinajstić information content (AvgIpc) is 2.19. The van der Waals surface area contributed by atoms with E-state index in [1.807, 2.05) is 0 Å². The van der Waals surface area contributed by atoms with E-state index in [0.29, 0.717) is 15.8 Å². The summed E-state index contributed by atoms with van der Waals surface area (Å²) in [4.78, 5) is 4.02. The molecule has 1 aromatic heterocycles. The van der Waals surface area contributed by atoms with Crippen LogP contribution in [0.4, 0.5) is 0 Å². The summed E-state index contributed by atoms with van der Waals surface area (Å²) in [6, 6.07) is 3.45. The van der Waals surface area contributed by atoms with Gasteiger partial charge < -0.3 is 0 Å². The van der Waals surface area contributed by atoms with E-state index in [1.165, 1.54) is 6.20 Å². The number of nitrogens with zero attached hydrogens (tertiary/aromatic N) is 1. The van der Waals surface area contributed by atoms with Gasteiger partial charge in [0.15, 0.2) is 0 Å². The van der Waals surface area contributed by atoms with E-state index in [-0.39, 0.29) is 0 Å². The molecule has 0 spiro atoms. The van der Waals surface area contributed by atoms with Crippen molar-refractivity contribution in [1.82, 2.24) is 4.98 Å². The van der Waals surface area contributed by atoms with Gasteiger partial charge in [0.2, 0.25) is 0 Å². The van der Waals surface area contributed by atoms with Crippen LogP contribution in [0.15, 0.2) is 23.4 Å². The molecule has 2 nitrogen and oxygen atoms in total. The number of hydrogen-bond acceptors (Lipinski definition) is 2. The Kier molecular flexibility index (Phi) is 5.12. The maximum absolute atomic E-state index is 11.6. The Morgan fingerprint density at radius 1 is 1.43 bits per heavy atom. The Balaban J connectivity index is 2.48. The summed E-state index contributed by atoms with van der Waals surface area (Å²) in [5.41, 5.74) is 0. The summed E-state index contributed by atoms with van der Waals surface area (Å²) >= 11 is 5.68. The fourth-order valence-electron chi connectivity index (χ4n) is 1.08. The molecular formula is C10H14ClNOS. The molecule has 1 rings (SSSR count). The van der Waals surface area contributed by atoms with Crippen LogP contribution in [0, 0.1) is 0 Å². The molecule has 4 heteroatoms. The zero-order valence-corrected chi connectivity index (χ0v) is 9.77. The normalized spacial score (nSPS) is 12.7. The second-order valence-electron chi connectivity index (χ2n) is 3.07. The van der Waals surface area contributed by atoms with Gasteiger partial charge >= 0.3 is 0 Å². The van der Waals surface area contributed by atoms with Crippen LogP contribution in [0.25, 0.3) is 0 Å². The van der Waals surface area contributed by atoms with Crippen LogP contribution in [-0.4, -0.2) is 14.9 Å². The molecule has 0 aliphatic carbocycles. The SMILES string of the molecule is CCCCC[S@](=O)c1ccc(Cl)cn1. The molecule has 0 fully saturated rings. The highest BCUT2D eigenvalue weighted by Crippen LogP contribution is 2.10. The molecule has 0 aromatic carbocycles. The first kappa shape index (κ1) is 11.7. The van der Waals surface area contributed by atoms with E-state index in [1.54, 1.807) is 12.1 Å². The van der Waals surface area contributed by atoms with Crippen molar-refractivity contribution in [2.24, 2.45) is 0 Å². The van der Waals surface area contributed by atoms with Gasteiger partial charge in [0, 0.05) is 11.9 Å². The molecule has 1 heterocycles. The Labute approximate surface area is 92.2 Å². The van der Waals surface area contributed by atoms with Crippen molar-refractivity contribution in [3.05, 3.63) is 23.4 Å². The molecule has 1 atom stereocenters. The minimum atomic E-state index is -0.963. The highest BCUT2D eigenvalue weighted by atomic mass is 35.5. The second kappa shape index (κ2) is 6.14. The molecule has 0 saturated carbocycles. The summed E-state index contributed by atoms with van der Waals surface area (Å²) in [6.45, 7) is 2.13. The molecule has 0 saturated heterocycles. The van der Waals surface area contributed by atoms with Crippen LogP contribution in [0.5, 0.6) is 0 Å². The maximum Gasteiger partial charge on any atom is 0.127 e. The van der Waals surface area contributed by atoms with E-state index in [4.69, 9.17) is 11.6 Å². The van der Waals surface area contributed by atoms with E-state index >= 15 is 0 Å². The highest BCUT2D eigenvalue weighted by molar-refractivity contribution is 7.84. The molecule has 0 aliphatic heterocycles. The van der Waals surface area contributed by atoms with E-state index in [2.05, 4.69) is 11.9 Å². The topological polar surface area (TPSA) is 30.0 Å². The fourth-order valence-corrected chi connectivity index (χ4v) is 2.26. The first-order chi connectivity index (χ1) is 6.74. The van der Waals surface area contributed by atoms with Crippen LogP contribution < -0.4 is 0 Å². The smallest absolute Gasteiger partial charge is 0.127 e. The number of rotatable bonds is 5. The van der Waals surface area contributed by atoms with Crippen molar-refractivity contribution < 1.29 is 4.21 Å². The molecule has 0 N–H and O–H groups in total. The third kappa shape index (κ3) is 3.76. The number of halogens is 1. The van der Waals surface area contributed by atoms with Gasteiger partial charge in [-0.05, 0) is 18.6 Å². The zero-order valence-electron chi connectivity index (χ0n) is 8.20. The van der Waals surface area contributed by atoms with Gasteiger partial charge in [-0.15, -0.1) is 0 Å². The van der Waals surface area contributed by atoms with Crippen molar-refractivity contribution in [1.29, 1.82) is 0 Å². The molecule has 0 aliphatic rings. The number of unbranched alkanes of at least 4 members (excludes halogenated alkanes) is 2. The first-order valence-electron chi connectivity index (χ1n) is 4.74. The lowest BCUT2D eigenvalue weighted by atomic mass is 10.3. The number of hydrogen-bond donors (Lipinski definition) is 0. The van der Waals surface area contributed by atoms with Crippen LogP contribution in [0.1, 0.15) is 26.2 Å². The number of pyridine rings is 1. The quantitative estimate of drug-likeness (QED) is 0.730. The van der Waals surface area contributed by atoms with E-state index in [0.717, 1.165) is 19.3 Å². The number of aromatic nitrogens is 1. The van der Waals surface area contributed by atoms with Crippen LogP contribution in [-0.2, 0) is 10.8 Å². The molecular weight excluding hydrogens is 218 g/mol. The highest BCUT2D eigenvalue weighted by Gasteiger charge is 2.04. The lowest BCUT2D eigenvalue weighted by Crippen LogP contribution is -2.00. The zero-order chi connectivity index (χ0) is 10.4. The molecule has 0 unspecified atom stereocenters. The molecule has 0 amide bonds. The van der Waals surface area contributed by atoms with E-state index < -0.39 is 10.8 Å². The third-order valence-electron chi connectivity index (χ3n) is 1.87. The lowest BCUT2D eigenvalue weighted by molar-refractivity contribution is 0.673. The van der Waals surface area contributed by atoms with Gasteiger partial charge in [0.1, 0.15) is 5.03 Å². The first-order valence-corrected chi connectivity index (χ1v) is 6.43. The molecule has 78 valence electrons. The Hall–Kier alpha value is -0.410. The van der Waals surface area contributed by atoms with Gasteiger partial charge in [-0.3, -0.25) is 4.21 Å². The summed E-state index contributed by atoms with van der Waals surface area (Å²) in [6.07, 6.45) is 4.80. The van der Waals surface area contributed by atoms with Crippen molar-refractivity contribution in [3.8, 4) is 0 Å². The van der Waals surface area contributed by atoms with Gasteiger partial charge in [0.05, 0.1) is 15.8 Å². The van der Waals surface area contributed by atoms with Crippen molar-refractivity contribution in [2.75, 3.05) is 5.75 Å². The summed E-state index contributed by atoms with van der Waals surface area (Å²) < 4.78 is 11.6. The predicted octanol–water partition coefficient (Wildman–Crippen LogP) is 3.03. The van der Waals surface area contributed by atoms with Crippen molar-refractivity contribution in [2.45, 2.75) is 31.2 Å². The van der Waals surface area contributed by atoms with Crippen LogP contribution >= 0.6 is 11.6 Å². The minimum absolute atomic E-state index is 0.583. The molecule has 0 radical (unpaired) electrons. The van der Waals surface area contributed by atoms with Gasteiger partial charge in [0.25, 0.3) is 0 Å². The van der Waals surface area contributed by atoms with Crippen LogP contribution in [0.2, 0.25) is 5.02 Å². The minimum Gasteiger partial charge on any atom is -0.253 e. The maximum atomic E-state index is 11.6. The van der Waals surface area contributed by atoms with Gasteiger partial charge in [-0.25, -0.2) is 4.98 Å². The van der Waals surface area contributed by atoms with Gasteiger partial charge in [-0.2, -0.15) is 0 Å². The second-order valence-corrected chi connectivity index (χ2v) is 5.03. The van der Waals surface area contributed by atoms with Crippen molar-refractivity contribution in [3.63, 3.8) is 0 Å². The van der Waals surface area contributed by atoms with Crippen LogP contribution in [0.3, 0.4) is 0 Å². The molecule has 14 heavy (non-hydrogen) atoms. The Morgan fingerprint density at radius 3 is 2.79 bits per heavy atom. The van der Waals surface area contributed by atoms with E-state index in [9.17, 15) is 4.21 Å². The molecule has 0 bridgehead atoms. The summed E-state index contributed by atoms with van der Waals surface area (Å²) in [5, 5.41) is 1.21. The Morgan fingerprint density at radius 2 is 2.21 bits per heavy atom. The monoisotopic (exact) mass is 231 g/mol. The van der Waals surface area contributed by atoms with Crippen molar-refractivity contribution >= 4 is 22.4 Å². The average molecular weight is 232 g/mol. The predicted molar refractivity (Wildman–Crippen MR) is 60.0 cm³/mol. The lowest BCUT2D eigenvalue weighted by Gasteiger charge is -2.00.